The number of hydrogen-bond acceptors (Lipinski definition) is 3. The quantitative estimate of drug-likeness (QED) is 0.725. The van der Waals surface area contributed by atoms with Crippen LogP contribution < -0.4 is 15.2 Å². The largest absolute Gasteiger partial charge is 0.326 e. The van der Waals surface area contributed by atoms with Gasteiger partial charge in [-0.15, -0.1) is 0 Å². The van der Waals surface area contributed by atoms with E-state index in [1.165, 1.54) is 0 Å². The molecule has 0 aromatic heterocycles. The topological polar surface area (TPSA) is 84.2 Å². The van der Waals surface area contributed by atoms with Gasteiger partial charge in [-0.2, -0.15) is 13.1 Å². The minimum Gasteiger partial charge on any atom is -0.326 e. The first kappa shape index (κ1) is 13.5. The van der Waals surface area contributed by atoms with Crippen LogP contribution in [0.25, 0.3) is 0 Å². The molecule has 2 atom stereocenters. The zero-order valence-corrected chi connectivity index (χ0v) is 11.2. The Hall–Kier alpha value is -0.950. The van der Waals surface area contributed by atoms with Gasteiger partial charge in [0.1, 0.15) is 0 Å². The van der Waals surface area contributed by atoms with E-state index in [1.54, 1.807) is 0 Å². The highest BCUT2D eigenvalue weighted by Gasteiger charge is 2.32. The van der Waals surface area contributed by atoms with Gasteiger partial charge in [0.15, 0.2) is 0 Å². The maximum atomic E-state index is 11.8. The predicted octanol–water partition coefficient (Wildman–Crippen LogP) is 0.445. The van der Waals surface area contributed by atoms with Crippen LogP contribution in [0.15, 0.2) is 24.3 Å². The molecule has 0 amide bonds. The van der Waals surface area contributed by atoms with Crippen molar-refractivity contribution in [2.24, 2.45) is 5.73 Å². The van der Waals surface area contributed by atoms with Gasteiger partial charge in [-0.05, 0) is 24.0 Å². The average Bonchev–Trinajstić information content (AvgIpc) is 2.63. The molecule has 0 saturated heterocycles. The van der Waals surface area contributed by atoms with Gasteiger partial charge in [-0.25, -0.2) is 4.72 Å². The van der Waals surface area contributed by atoms with Crippen molar-refractivity contribution in [3.8, 4) is 0 Å². The minimum absolute atomic E-state index is 0.208. The molecule has 0 spiro atoms. The molecule has 5 nitrogen and oxygen atoms in total. The summed E-state index contributed by atoms with van der Waals surface area (Å²) >= 11 is 0. The standard InChI is InChI=1S/C12H19N3O2S/c1-2-7-14-18(16,17)15-12-10-6-4-3-5-9(10)8-11(12)13/h3-6,11-12,14-15H,2,7-8,13H2,1H3. The van der Waals surface area contributed by atoms with Gasteiger partial charge < -0.3 is 5.73 Å². The molecular weight excluding hydrogens is 250 g/mol. The fourth-order valence-corrected chi connectivity index (χ4v) is 3.41. The van der Waals surface area contributed by atoms with Crippen LogP contribution in [0.4, 0.5) is 0 Å². The Morgan fingerprint density at radius 1 is 1.39 bits per heavy atom. The third-order valence-electron chi connectivity index (χ3n) is 3.10. The van der Waals surface area contributed by atoms with Crippen LogP contribution in [-0.2, 0) is 16.6 Å². The van der Waals surface area contributed by atoms with Gasteiger partial charge in [0.25, 0.3) is 10.2 Å². The van der Waals surface area contributed by atoms with Crippen LogP contribution >= 0.6 is 0 Å². The predicted molar refractivity (Wildman–Crippen MR) is 71.2 cm³/mol. The summed E-state index contributed by atoms with van der Waals surface area (Å²) in [7, 11) is -3.48. The van der Waals surface area contributed by atoms with Crippen LogP contribution in [0, 0.1) is 0 Å². The lowest BCUT2D eigenvalue weighted by Crippen LogP contribution is -2.44. The molecule has 18 heavy (non-hydrogen) atoms. The zero-order chi connectivity index (χ0) is 13.2. The molecule has 1 aliphatic carbocycles. The van der Waals surface area contributed by atoms with E-state index in [1.807, 2.05) is 31.2 Å². The third-order valence-corrected chi connectivity index (χ3v) is 4.25. The molecule has 0 saturated carbocycles. The number of nitrogens with two attached hydrogens (primary N) is 1. The normalized spacial score (nSPS) is 23.0. The highest BCUT2D eigenvalue weighted by molar-refractivity contribution is 7.87. The highest BCUT2D eigenvalue weighted by atomic mass is 32.2. The molecule has 2 rings (SSSR count). The van der Waals surface area contributed by atoms with Crippen molar-refractivity contribution in [1.29, 1.82) is 0 Å². The van der Waals surface area contributed by atoms with Crippen molar-refractivity contribution >= 4 is 10.2 Å². The molecule has 4 N–H and O–H groups in total. The first-order valence-electron chi connectivity index (χ1n) is 6.14. The number of nitrogens with one attached hydrogen (secondary N) is 2. The monoisotopic (exact) mass is 269 g/mol. The second-order valence-electron chi connectivity index (χ2n) is 4.56. The van der Waals surface area contributed by atoms with Crippen LogP contribution in [0.2, 0.25) is 0 Å². The van der Waals surface area contributed by atoms with Crippen LogP contribution in [0.3, 0.4) is 0 Å². The lowest BCUT2D eigenvalue weighted by Gasteiger charge is -2.18. The van der Waals surface area contributed by atoms with Gasteiger partial charge in [0, 0.05) is 12.6 Å². The second-order valence-corrected chi connectivity index (χ2v) is 6.09. The van der Waals surface area contributed by atoms with Gasteiger partial charge in [0.2, 0.25) is 0 Å². The molecule has 0 radical (unpaired) electrons. The maximum absolute atomic E-state index is 11.8. The molecule has 0 bridgehead atoms. The van der Waals surface area contributed by atoms with Crippen molar-refractivity contribution in [3.05, 3.63) is 35.4 Å². The number of rotatable bonds is 5. The summed E-state index contributed by atoms with van der Waals surface area (Å²) in [5.74, 6) is 0. The van der Waals surface area contributed by atoms with Gasteiger partial charge in [-0.1, -0.05) is 31.2 Å². The third kappa shape index (κ3) is 2.89. The molecule has 0 heterocycles. The summed E-state index contributed by atoms with van der Waals surface area (Å²) in [6, 6.07) is 7.21. The number of hydrogen-bond donors (Lipinski definition) is 3. The maximum Gasteiger partial charge on any atom is 0.277 e. The van der Waals surface area contributed by atoms with Crippen molar-refractivity contribution < 1.29 is 8.42 Å². The Bertz CT molecular complexity index is 516. The summed E-state index contributed by atoms with van der Waals surface area (Å²) < 4.78 is 28.8. The Morgan fingerprint density at radius 3 is 2.83 bits per heavy atom. The van der Waals surface area contributed by atoms with E-state index >= 15 is 0 Å². The first-order valence-corrected chi connectivity index (χ1v) is 7.62. The van der Waals surface area contributed by atoms with Gasteiger partial charge in [0.05, 0.1) is 6.04 Å². The lowest BCUT2D eigenvalue weighted by molar-refractivity contribution is 0.509. The summed E-state index contributed by atoms with van der Waals surface area (Å²) in [6.07, 6.45) is 1.46. The molecule has 2 unspecified atom stereocenters. The van der Waals surface area contributed by atoms with Crippen LogP contribution in [0.5, 0.6) is 0 Å². The number of fused-ring (bicyclic) bond motifs is 1. The van der Waals surface area contributed by atoms with E-state index < -0.39 is 10.2 Å². The first-order chi connectivity index (χ1) is 8.53. The van der Waals surface area contributed by atoms with Crippen molar-refractivity contribution in [2.75, 3.05) is 6.54 Å². The van der Waals surface area contributed by atoms with E-state index in [0.717, 1.165) is 17.5 Å². The van der Waals surface area contributed by atoms with Gasteiger partial charge >= 0.3 is 0 Å². The van der Waals surface area contributed by atoms with Crippen molar-refractivity contribution in [2.45, 2.75) is 31.8 Å². The molecule has 0 fully saturated rings. The van der Waals surface area contributed by atoms with Gasteiger partial charge in [-0.3, -0.25) is 0 Å². The van der Waals surface area contributed by atoms with E-state index in [4.69, 9.17) is 5.73 Å². The molecule has 1 aliphatic rings. The molecule has 1 aromatic carbocycles. The summed E-state index contributed by atoms with van der Waals surface area (Å²) in [4.78, 5) is 0. The summed E-state index contributed by atoms with van der Waals surface area (Å²) in [5.41, 5.74) is 8.11. The van der Waals surface area contributed by atoms with E-state index in [9.17, 15) is 8.42 Å². The Morgan fingerprint density at radius 2 is 2.11 bits per heavy atom. The van der Waals surface area contributed by atoms with E-state index in [-0.39, 0.29) is 12.1 Å². The molecule has 100 valence electrons. The Kier molecular flexibility index (Phi) is 4.01. The SMILES string of the molecule is CCCNS(=O)(=O)NC1c2ccccc2CC1N. The van der Waals surface area contributed by atoms with E-state index in [2.05, 4.69) is 9.44 Å². The Balaban J connectivity index is 2.15. The van der Waals surface area contributed by atoms with Crippen LogP contribution in [-0.4, -0.2) is 21.0 Å². The summed E-state index contributed by atoms with van der Waals surface area (Å²) in [6.45, 7) is 2.35. The zero-order valence-electron chi connectivity index (χ0n) is 10.4. The number of benzene rings is 1. The molecule has 1 aromatic rings. The van der Waals surface area contributed by atoms with E-state index in [0.29, 0.717) is 13.0 Å². The molecule has 6 heteroatoms. The van der Waals surface area contributed by atoms with Crippen LogP contribution in [0.1, 0.15) is 30.5 Å². The lowest BCUT2D eigenvalue weighted by atomic mass is 10.1. The van der Waals surface area contributed by atoms with Crippen molar-refractivity contribution in [3.63, 3.8) is 0 Å². The smallest absolute Gasteiger partial charge is 0.277 e. The fourth-order valence-electron chi connectivity index (χ4n) is 2.22. The minimum atomic E-state index is -3.48. The second kappa shape index (κ2) is 5.36. The van der Waals surface area contributed by atoms with Crippen molar-refractivity contribution in [1.82, 2.24) is 9.44 Å². The summed E-state index contributed by atoms with van der Waals surface area (Å²) in [5, 5.41) is 0. The highest BCUT2D eigenvalue weighted by Crippen LogP contribution is 2.30. The fraction of sp³-hybridized carbons (Fsp3) is 0.500. The average molecular weight is 269 g/mol. The Labute approximate surface area is 108 Å². The molecular formula is C12H19N3O2S. The molecule has 0 aliphatic heterocycles.